The van der Waals surface area contributed by atoms with Crippen LogP contribution in [0.25, 0.3) is 20.7 Å². The predicted molar refractivity (Wildman–Crippen MR) is 90.6 cm³/mol. The second-order valence-electron chi connectivity index (χ2n) is 3.97. The summed E-state index contributed by atoms with van der Waals surface area (Å²) in [7, 11) is 0. The van der Waals surface area contributed by atoms with E-state index in [9.17, 15) is 0 Å². The van der Waals surface area contributed by atoms with Crippen molar-refractivity contribution in [1.29, 1.82) is 0 Å². The first kappa shape index (κ1) is 12.8. The van der Waals surface area contributed by atoms with Gasteiger partial charge in [-0.1, -0.05) is 17.8 Å². The second-order valence-corrected chi connectivity index (χ2v) is 7.08. The molecule has 0 bridgehead atoms. The monoisotopic (exact) mass is 300 g/mol. The van der Waals surface area contributed by atoms with Gasteiger partial charge in [-0.25, -0.2) is 0 Å². The Morgan fingerprint density at radius 1 is 1.00 bits per heavy atom. The molecule has 94 valence electrons. The molecule has 2 aromatic heterocycles. The first-order valence-electron chi connectivity index (χ1n) is 5.98. The fourth-order valence-corrected chi connectivity index (χ4v) is 4.65. The fourth-order valence-electron chi connectivity index (χ4n) is 1.78. The summed E-state index contributed by atoms with van der Waals surface area (Å²) < 4.78 is 0. The van der Waals surface area contributed by atoms with Crippen molar-refractivity contribution in [2.24, 2.45) is 0 Å². The number of rotatable bonds is 3. The fraction of sp³-hybridized carbons (Fsp3) is 0.0625. The van der Waals surface area contributed by atoms with Gasteiger partial charge in [0.15, 0.2) is 0 Å². The van der Waals surface area contributed by atoms with Crippen LogP contribution in [0.5, 0.6) is 0 Å². The third kappa shape index (κ3) is 2.85. The summed E-state index contributed by atoms with van der Waals surface area (Å²) in [5.74, 6) is 0. The van der Waals surface area contributed by atoms with Crippen molar-refractivity contribution in [1.82, 2.24) is 0 Å². The highest BCUT2D eigenvalue weighted by molar-refractivity contribution is 8.11. The van der Waals surface area contributed by atoms with Gasteiger partial charge in [0, 0.05) is 29.8 Å². The SMILES string of the molecule is CC=Cc1ccc(-c2ccc(C3=CC=C=CS3)s2)s1. The Labute approximate surface area is 125 Å². The topological polar surface area (TPSA) is 0 Å². The molecule has 3 heterocycles. The van der Waals surface area contributed by atoms with Crippen molar-refractivity contribution in [3.63, 3.8) is 0 Å². The van der Waals surface area contributed by atoms with Crippen LogP contribution in [0.15, 0.2) is 53.6 Å². The van der Waals surface area contributed by atoms with Gasteiger partial charge < -0.3 is 0 Å². The van der Waals surface area contributed by atoms with Gasteiger partial charge >= 0.3 is 0 Å². The van der Waals surface area contributed by atoms with E-state index in [1.165, 1.54) is 24.4 Å². The highest BCUT2D eigenvalue weighted by Gasteiger charge is 2.09. The number of thioether (sulfide) groups is 1. The van der Waals surface area contributed by atoms with E-state index < -0.39 is 0 Å². The van der Waals surface area contributed by atoms with Crippen LogP contribution in [-0.4, -0.2) is 0 Å². The standard InChI is InChI=1S/C16H12S3/c1-2-5-12-7-8-15(18-12)16-10-9-14(19-16)13-6-3-4-11-17-13/h2-3,5-11H,1H3. The summed E-state index contributed by atoms with van der Waals surface area (Å²) in [6.45, 7) is 2.05. The largest absolute Gasteiger partial charge is 0.135 e. The molecule has 0 saturated heterocycles. The Morgan fingerprint density at radius 3 is 2.58 bits per heavy atom. The van der Waals surface area contributed by atoms with Gasteiger partial charge in [0.25, 0.3) is 0 Å². The zero-order valence-electron chi connectivity index (χ0n) is 10.4. The van der Waals surface area contributed by atoms with Crippen LogP contribution in [0.4, 0.5) is 0 Å². The van der Waals surface area contributed by atoms with Crippen molar-refractivity contribution in [2.75, 3.05) is 0 Å². The summed E-state index contributed by atoms with van der Waals surface area (Å²) in [5.41, 5.74) is 3.08. The molecule has 0 aliphatic carbocycles. The van der Waals surface area contributed by atoms with Crippen LogP contribution in [0, 0.1) is 0 Å². The van der Waals surface area contributed by atoms with Gasteiger partial charge in [-0.15, -0.1) is 28.4 Å². The van der Waals surface area contributed by atoms with Gasteiger partial charge in [0.05, 0.1) is 0 Å². The first-order valence-corrected chi connectivity index (χ1v) is 8.49. The maximum atomic E-state index is 3.08. The summed E-state index contributed by atoms with van der Waals surface area (Å²) in [5, 5.41) is 2.00. The van der Waals surface area contributed by atoms with Gasteiger partial charge in [0.2, 0.25) is 0 Å². The third-order valence-electron chi connectivity index (χ3n) is 2.63. The average molecular weight is 300 g/mol. The van der Waals surface area contributed by atoms with Crippen LogP contribution in [0.3, 0.4) is 0 Å². The minimum absolute atomic E-state index is 1.31. The van der Waals surface area contributed by atoms with E-state index in [1.807, 2.05) is 34.2 Å². The van der Waals surface area contributed by atoms with Gasteiger partial charge in [0.1, 0.15) is 0 Å². The zero-order chi connectivity index (χ0) is 13.1. The van der Waals surface area contributed by atoms with E-state index in [-0.39, 0.29) is 0 Å². The smallest absolute Gasteiger partial charge is 0.0449 e. The molecule has 1 aliphatic heterocycles. The number of hydrogen-bond donors (Lipinski definition) is 0. The average Bonchev–Trinajstić information content (AvgIpc) is 3.08. The minimum atomic E-state index is 1.31. The van der Waals surface area contributed by atoms with Gasteiger partial charge in [-0.2, -0.15) is 0 Å². The molecule has 3 heteroatoms. The molecular formula is C16H12S3. The Bertz CT molecular complexity index is 704. The summed E-state index contributed by atoms with van der Waals surface area (Å²) in [6, 6.07) is 8.81. The molecule has 3 rings (SSSR count). The van der Waals surface area contributed by atoms with Crippen LogP contribution in [-0.2, 0) is 0 Å². The normalized spacial score (nSPS) is 14.3. The highest BCUT2D eigenvalue weighted by atomic mass is 32.2. The van der Waals surface area contributed by atoms with Crippen molar-refractivity contribution >= 4 is 45.4 Å². The van der Waals surface area contributed by atoms with E-state index >= 15 is 0 Å². The molecule has 1 aliphatic rings. The molecule has 0 spiro atoms. The van der Waals surface area contributed by atoms with E-state index in [0.717, 1.165) is 0 Å². The molecule has 0 nitrogen and oxygen atoms in total. The Hall–Kier alpha value is -1.25. The number of thiophene rings is 2. The second kappa shape index (κ2) is 5.81. The first-order chi connectivity index (χ1) is 9.36. The molecular weight excluding hydrogens is 288 g/mol. The van der Waals surface area contributed by atoms with Crippen LogP contribution < -0.4 is 0 Å². The lowest BCUT2D eigenvalue weighted by Crippen LogP contribution is -1.71. The number of allylic oxidation sites excluding steroid dienone is 3. The quantitative estimate of drug-likeness (QED) is 0.602. The predicted octanol–water partition coefficient (Wildman–Crippen LogP) is 6.27. The third-order valence-corrected chi connectivity index (χ3v) is 5.99. The van der Waals surface area contributed by atoms with E-state index in [2.05, 4.69) is 55.1 Å². The lowest BCUT2D eigenvalue weighted by molar-refractivity contribution is 1.78. The van der Waals surface area contributed by atoms with Crippen LogP contribution in [0.1, 0.15) is 16.7 Å². The Balaban J connectivity index is 1.88. The molecule has 0 saturated carbocycles. The lowest BCUT2D eigenvalue weighted by Gasteiger charge is -2.00. The van der Waals surface area contributed by atoms with Crippen molar-refractivity contribution in [3.8, 4) is 9.75 Å². The van der Waals surface area contributed by atoms with Gasteiger partial charge in [-0.3, -0.25) is 0 Å². The molecule has 0 amide bonds. The van der Waals surface area contributed by atoms with Crippen molar-refractivity contribution in [3.05, 3.63) is 63.4 Å². The minimum Gasteiger partial charge on any atom is -0.135 e. The molecule has 0 fully saturated rings. The molecule has 0 aromatic carbocycles. The van der Waals surface area contributed by atoms with E-state index in [1.54, 1.807) is 11.8 Å². The summed E-state index contributed by atoms with van der Waals surface area (Å²) in [6.07, 6.45) is 8.33. The maximum Gasteiger partial charge on any atom is 0.0449 e. The molecule has 0 atom stereocenters. The van der Waals surface area contributed by atoms with Crippen molar-refractivity contribution in [2.45, 2.75) is 6.92 Å². The Kier molecular flexibility index (Phi) is 3.90. The lowest BCUT2D eigenvalue weighted by atomic mass is 10.3. The van der Waals surface area contributed by atoms with Crippen molar-refractivity contribution < 1.29 is 0 Å². The molecule has 19 heavy (non-hydrogen) atoms. The summed E-state index contributed by atoms with van der Waals surface area (Å²) >= 11 is 5.43. The van der Waals surface area contributed by atoms with Crippen LogP contribution in [0.2, 0.25) is 0 Å². The zero-order valence-corrected chi connectivity index (χ0v) is 12.9. The van der Waals surface area contributed by atoms with Crippen LogP contribution >= 0.6 is 34.4 Å². The highest BCUT2D eigenvalue weighted by Crippen LogP contribution is 2.40. The Morgan fingerprint density at radius 2 is 1.79 bits per heavy atom. The van der Waals surface area contributed by atoms with Gasteiger partial charge in [-0.05, 0) is 49.4 Å². The molecule has 0 radical (unpaired) electrons. The number of hydrogen-bond acceptors (Lipinski definition) is 3. The molecule has 0 N–H and O–H groups in total. The molecule has 2 aromatic rings. The maximum absolute atomic E-state index is 3.08. The van der Waals surface area contributed by atoms with E-state index in [0.29, 0.717) is 0 Å². The summed E-state index contributed by atoms with van der Waals surface area (Å²) in [4.78, 5) is 6.63. The molecule has 0 unspecified atom stereocenters. The van der Waals surface area contributed by atoms with E-state index in [4.69, 9.17) is 0 Å².